The lowest BCUT2D eigenvalue weighted by molar-refractivity contribution is -0.120. The third-order valence-electron chi connectivity index (χ3n) is 5.19. The van der Waals surface area contributed by atoms with Crippen LogP contribution in [-0.4, -0.2) is 20.4 Å². The Labute approximate surface area is 168 Å². The number of carbonyl (C=O) groups excluding carboxylic acids is 1. The smallest absolute Gasteiger partial charge is 0.155 e. The number of aryl methyl sites for hydroxylation is 1. The SMILES string of the molecule is CCC(=O)CC(C)(C)C.Cc1nc2ccc(C(C)(C)O)c(F)c2n1C1CCC1. The second kappa shape index (κ2) is 8.32. The topological polar surface area (TPSA) is 55.1 Å². The summed E-state index contributed by atoms with van der Waals surface area (Å²) in [7, 11) is 0. The first-order valence-corrected chi connectivity index (χ1v) is 10.3. The second-order valence-electron chi connectivity index (χ2n) is 9.60. The lowest BCUT2D eigenvalue weighted by Gasteiger charge is -2.29. The van der Waals surface area contributed by atoms with Crippen LogP contribution in [0.4, 0.5) is 4.39 Å². The van der Waals surface area contributed by atoms with Crippen molar-refractivity contribution in [2.75, 3.05) is 0 Å². The van der Waals surface area contributed by atoms with Gasteiger partial charge in [-0.25, -0.2) is 9.37 Å². The fourth-order valence-electron chi connectivity index (χ4n) is 3.54. The maximum Gasteiger partial charge on any atom is 0.155 e. The number of ketones is 1. The number of aromatic nitrogens is 2. The first kappa shape index (κ1) is 22.5. The first-order valence-electron chi connectivity index (χ1n) is 10.3. The van der Waals surface area contributed by atoms with Gasteiger partial charge in [0.2, 0.25) is 0 Å². The molecule has 0 saturated heterocycles. The van der Waals surface area contributed by atoms with Crippen LogP contribution in [0.2, 0.25) is 0 Å². The summed E-state index contributed by atoms with van der Waals surface area (Å²) in [6, 6.07) is 3.79. The van der Waals surface area contributed by atoms with E-state index in [1.54, 1.807) is 26.0 Å². The van der Waals surface area contributed by atoms with Gasteiger partial charge in [-0.3, -0.25) is 4.79 Å². The highest BCUT2D eigenvalue weighted by molar-refractivity contribution is 5.79. The molecule has 3 rings (SSSR count). The van der Waals surface area contributed by atoms with E-state index in [2.05, 4.69) is 25.8 Å². The molecule has 1 aromatic carbocycles. The number of fused-ring (bicyclic) bond motifs is 1. The van der Waals surface area contributed by atoms with E-state index in [1.165, 1.54) is 6.42 Å². The van der Waals surface area contributed by atoms with Crippen molar-refractivity contribution in [3.05, 3.63) is 29.3 Å². The van der Waals surface area contributed by atoms with Crippen molar-refractivity contribution >= 4 is 16.8 Å². The van der Waals surface area contributed by atoms with Crippen LogP contribution < -0.4 is 0 Å². The molecule has 1 aromatic heterocycles. The van der Waals surface area contributed by atoms with Gasteiger partial charge in [0.05, 0.1) is 11.1 Å². The Morgan fingerprint density at radius 1 is 1.25 bits per heavy atom. The minimum atomic E-state index is -1.18. The molecule has 0 aliphatic heterocycles. The summed E-state index contributed by atoms with van der Waals surface area (Å²) in [6.45, 7) is 13.3. The van der Waals surface area contributed by atoms with Gasteiger partial charge >= 0.3 is 0 Å². The molecule has 0 bridgehead atoms. The largest absolute Gasteiger partial charge is 0.386 e. The van der Waals surface area contributed by atoms with Gasteiger partial charge in [-0.1, -0.05) is 33.8 Å². The standard InChI is InChI=1S/C15H19FN2O.C8H16O/c1-9-17-12-8-7-11(15(2,3)19)13(16)14(12)18(9)10-5-4-6-10;1-5-7(9)6-8(2,3)4/h7-8,10,19H,4-6H2,1-3H3;5-6H2,1-4H3. The zero-order valence-corrected chi connectivity index (χ0v) is 18.4. The van der Waals surface area contributed by atoms with E-state index < -0.39 is 5.60 Å². The van der Waals surface area contributed by atoms with E-state index in [0.29, 0.717) is 41.3 Å². The maximum atomic E-state index is 14.7. The summed E-state index contributed by atoms with van der Waals surface area (Å²) < 4.78 is 16.7. The number of imidazole rings is 1. The van der Waals surface area contributed by atoms with Crippen LogP contribution in [0.15, 0.2) is 12.1 Å². The number of rotatable bonds is 4. The lowest BCUT2D eigenvalue weighted by Crippen LogP contribution is -2.21. The van der Waals surface area contributed by atoms with Gasteiger partial charge in [-0.2, -0.15) is 0 Å². The van der Waals surface area contributed by atoms with Crippen molar-refractivity contribution in [2.24, 2.45) is 5.41 Å². The van der Waals surface area contributed by atoms with E-state index in [1.807, 2.05) is 18.4 Å². The van der Waals surface area contributed by atoms with Crippen molar-refractivity contribution in [3.63, 3.8) is 0 Å². The van der Waals surface area contributed by atoms with E-state index in [9.17, 15) is 14.3 Å². The number of carbonyl (C=O) groups is 1. The van der Waals surface area contributed by atoms with E-state index in [0.717, 1.165) is 18.7 Å². The van der Waals surface area contributed by atoms with Gasteiger partial charge < -0.3 is 9.67 Å². The third kappa shape index (κ3) is 5.19. The van der Waals surface area contributed by atoms with Crippen molar-refractivity contribution in [1.29, 1.82) is 0 Å². The molecule has 28 heavy (non-hydrogen) atoms. The molecule has 5 heteroatoms. The minimum absolute atomic E-state index is 0.174. The Kier molecular flexibility index (Phi) is 6.70. The van der Waals surface area contributed by atoms with Gasteiger partial charge in [0, 0.05) is 24.4 Å². The Morgan fingerprint density at radius 3 is 2.25 bits per heavy atom. The summed E-state index contributed by atoms with van der Waals surface area (Å²) in [4.78, 5) is 15.3. The van der Waals surface area contributed by atoms with E-state index in [-0.39, 0.29) is 11.2 Å². The quantitative estimate of drug-likeness (QED) is 0.714. The molecule has 0 radical (unpaired) electrons. The molecule has 0 atom stereocenters. The monoisotopic (exact) mass is 390 g/mol. The lowest BCUT2D eigenvalue weighted by atomic mass is 9.89. The molecular weight excluding hydrogens is 355 g/mol. The normalized spacial score (nSPS) is 15.2. The minimum Gasteiger partial charge on any atom is -0.386 e. The predicted molar refractivity (Wildman–Crippen MR) is 112 cm³/mol. The van der Waals surface area contributed by atoms with Crippen molar-refractivity contribution in [2.45, 2.75) is 92.2 Å². The highest BCUT2D eigenvalue weighted by Gasteiger charge is 2.28. The van der Waals surface area contributed by atoms with Crippen LogP contribution >= 0.6 is 0 Å². The van der Waals surface area contributed by atoms with Crippen LogP contribution in [0.25, 0.3) is 11.0 Å². The van der Waals surface area contributed by atoms with Gasteiger partial charge in [0.25, 0.3) is 0 Å². The molecule has 0 unspecified atom stereocenters. The highest BCUT2D eigenvalue weighted by Crippen LogP contribution is 2.37. The van der Waals surface area contributed by atoms with Gasteiger partial charge in [0.1, 0.15) is 17.1 Å². The average molecular weight is 391 g/mol. The van der Waals surface area contributed by atoms with E-state index in [4.69, 9.17) is 0 Å². The Morgan fingerprint density at radius 2 is 1.86 bits per heavy atom. The third-order valence-corrected chi connectivity index (χ3v) is 5.19. The fraction of sp³-hybridized carbons (Fsp3) is 0.652. The van der Waals surface area contributed by atoms with Crippen LogP contribution in [0.5, 0.6) is 0 Å². The number of nitrogens with zero attached hydrogens (tertiary/aromatic N) is 2. The molecule has 1 aliphatic carbocycles. The molecule has 4 nitrogen and oxygen atoms in total. The van der Waals surface area contributed by atoms with Crippen molar-refractivity contribution < 1.29 is 14.3 Å². The number of benzene rings is 1. The number of hydrogen-bond donors (Lipinski definition) is 1. The van der Waals surface area contributed by atoms with Crippen molar-refractivity contribution in [1.82, 2.24) is 9.55 Å². The highest BCUT2D eigenvalue weighted by atomic mass is 19.1. The summed E-state index contributed by atoms with van der Waals surface area (Å²) in [5.74, 6) is 0.881. The molecular formula is C23H35FN2O2. The number of Topliss-reactive ketones (excluding diaryl/α,β-unsaturated/α-hetero) is 1. The number of halogens is 1. The molecule has 1 aliphatic rings. The second-order valence-corrected chi connectivity index (χ2v) is 9.60. The van der Waals surface area contributed by atoms with Crippen LogP contribution in [0.3, 0.4) is 0 Å². The van der Waals surface area contributed by atoms with Gasteiger partial charge in [-0.05, 0) is 51.5 Å². The Bertz CT molecular complexity index is 837. The molecule has 2 aromatic rings. The summed E-state index contributed by atoms with van der Waals surface area (Å²) in [6.07, 6.45) is 4.74. The van der Waals surface area contributed by atoms with E-state index >= 15 is 0 Å². The Hall–Kier alpha value is -1.75. The summed E-state index contributed by atoms with van der Waals surface area (Å²) >= 11 is 0. The fourth-order valence-corrected chi connectivity index (χ4v) is 3.54. The molecule has 1 heterocycles. The van der Waals surface area contributed by atoms with Crippen molar-refractivity contribution in [3.8, 4) is 0 Å². The summed E-state index contributed by atoms with van der Waals surface area (Å²) in [5.41, 5.74) is 0.547. The molecule has 1 N–H and O–H groups in total. The zero-order valence-electron chi connectivity index (χ0n) is 18.4. The number of aliphatic hydroxyl groups is 1. The number of hydrogen-bond acceptors (Lipinski definition) is 3. The summed E-state index contributed by atoms with van der Waals surface area (Å²) in [5, 5.41) is 10.1. The molecule has 156 valence electrons. The van der Waals surface area contributed by atoms with Crippen LogP contribution in [0.1, 0.15) is 91.1 Å². The predicted octanol–water partition coefficient (Wildman–Crippen LogP) is 5.84. The zero-order chi connectivity index (χ0) is 21.3. The first-order chi connectivity index (χ1) is 12.8. The average Bonchev–Trinajstić information content (AvgIpc) is 2.81. The van der Waals surface area contributed by atoms with Gasteiger partial charge in [0.15, 0.2) is 5.82 Å². The maximum absolute atomic E-state index is 14.7. The molecule has 1 saturated carbocycles. The molecule has 1 fully saturated rings. The van der Waals surface area contributed by atoms with Gasteiger partial charge in [-0.15, -0.1) is 0 Å². The Balaban J connectivity index is 0.000000266. The van der Waals surface area contributed by atoms with Crippen LogP contribution in [0, 0.1) is 18.2 Å². The van der Waals surface area contributed by atoms with Crippen LogP contribution in [-0.2, 0) is 10.4 Å². The molecule has 0 amide bonds. The molecule has 0 spiro atoms.